The summed E-state index contributed by atoms with van der Waals surface area (Å²) in [5.41, 5.74) is 0.579. The number of hydrogen-bond acceptors (Lipinski definition) is 5. The molecule has 2 aliphatic rings. The van der Waals surface area contributed by atoms with Crippen LogP contribution in [0, 0.1) is 9.39 Å². The highest BCUT2D eigenvalue weighted by atomic mass is 127. The molecule has 0 unspecified atom stereocenters. The van der Waals surface area contributed by atoms with E-state index in [1.807, 2.05) is 18.2 Å². The lowest BCUT2D eigenvalue weighted by Gasteiger charge is -2.43. The number of amides is 1. The van der Waals surface area contributed by atoms with Crippen molar-refractivity contribution < 1.29 is 13.9 Å². The molecule has 1 amide bonds. The molecule has 31 heavy (non-hydrogen) atoms. The van der Waals surface area contributed by atoms with Crippen molar-refractivity contribution in [2.24, 2.45) is 0 Å². The molecule has 0 saturated carbocycles. The maximum absolute atomic E-state index is 14.8. The van der Waals surface area contributed by atoms with Gasteiger partial charge in [0.1, 0.15) is 23.2 Å². The zero-order valence-electron chi connectivity index (χ0n) is 18.3. The summed E-state index contributed by atoms with van der Waals surface area (Å²) in [4.78, 5) is 24.0. The van der Waals surface area contributed by atoms with E-state index < -0.39 is 0 Å². The van der Waals surface area contributed by atoms with E-state index in [2.05, 4.69) is 53.3 Å². The number of anilines is 2. The molecule has 3 heterocycles. The van der Waals surface area contributed by atoms with Gasteiger partial charge in [0.25, 0.3) is 0 Å². The monoisotopic (exact) mass is 538 g/mol. The fourth-order valence-corrected chi connectivity index (χ4v) is 5.53. The Morgan fingerprint density at radius 3 is 2.45 bits per heavy atom. The fraction of sp³-hybridized carbons (Fsp3) is 0.478. The molecular formula is C23H28FIN4O2. The molecule has 0 aliphatic carbocycles. The maximum Gasteiger partial charge on any atom is 0.228 e. The number of aromatic nitrogens is 1. The summed E-state index contributed by atoms with van der Waals surface area (Å²) in [6.07, 6.45) is 0.272. The second-order valence-corrected chi connectivity index (χ2v) is 9.69. The Balaban J connectivity index is 1.56. The van der Waals surface area contributed by atoms with Gasteiger partial charge in [-0.25, -0.2) is 9.37 Å². The van der Waals surface area contributed by atoms with Gasteiger partial charge in [-0.2, -0.15) is 0 Å². The van der Waals surface area contributed by atoms with Crippen molar-refractivity contribution in [3.8, 4) is 5.75 Å². The van der Waals surface area contributed by atoms with Crippen LogP contribution in [0.5, 0.6) is 5.75 Å². The third kappa shape index (κ3) is 4.37. The Labute approximate surface area is 196 Å². The molecule has 2 saturated heterocycles. The Morgan fingerprint density at radius 2 is 1.81 bits per heavy atom. The summed E-state index contributed by atoms with van der Waals surface area (Å²) < 4.78 is 20.7. The second-order valence-electron chi connectivity index (χ2n) is 8.53. The molecule has 2 aromatic rings. The van der Waals surface area contributed by atoms with Crippen molar-refractivity contribution >= 4 is 40.1 Å². The molecule has 0 N–H and O–H groups in total. The molecule has 0 bridgehead atoms. The van der Waals surface area contributed by atoms with Crippen LogP contribution in [0.4, 0.5) is 16.0 Å². The molecule has 3 atom stereocenters. The lowest BCUT2D eigenvalue weighted by Crippen LogP contribution is -2.55. The quantitative estimate of drug-likeness (QED) is 0.554. The predicted molar refractivity (Wildman–Crippen MR) is 129 cm³/mol. The largest absolute Gasteiger partial charge is 0.497 e. The maximum atomic E-state index is 14.8. The highest BCUT2D eigenvalue weighted by Gasteiger charge is 2.35. The summed E-state index contributed by atoms with van der Waals surface area (Å²) in [6.45, 7) is 6.63. The van der Waals surface area contributed by atoms with Gasteiger partial charge >= 0.3 is 0 Å². The third-order valence-electron chi connectivity index (χ3n) is 6.50. The van der Waals surface area contributed by atoms with Crippen molar-refractivity contribution in [1.29, 1.82) is 0 Å². The van der Waals surface area contributed by atoms with Gasteiger partial charge in [-0.15, -0.1) is 0 Å². The topological polar surface area (TPSA) is 48.9 Å². The van der Waals surface area contributed by atoms with Crippen LogP contribution in [0.1, 0.15) is 31.7 Å². The van der Waals surface area contributed by atoms with Crippen molar-refractivity contribution in [3.05, 3.63) is 45.3 Å². The van der Waals surface area contributed by atoms with Crippen LogP contribution < -0.4 is 14.5 Å². The summed E-state index contributed by atoms with van der Waals surface area (Å²) in [7, 11) is 3.67. The second kappa shape index (κ2) is 8.90. The van der Waals surface area contributed by atoms with Gasteiger partial charge < -0.3 is 9.64 Å². The Kier molecular flexibility index (Phi) is 6.39. The predicted octanol–water partition coefficient (Wildman–Crippen LogP) is 3.88. The first kappa shape index (κ1) is 22.3. The normalized spacial score (nSPS) is 24.7. The van der Waals surface area contributed by atoms with E-state index in [1.54, 1.807) is 11.0 Å². The average molecular weight is 538 g/mol. The fourth-order valence-electron chi connectivity index (χ4n) is 4.52. The minimum absolute atomic E-state index is 0.0271. The number of nitrogens with zero attached hydrogens (tertiary/aromatic N) is 4. The van der Waals surface area contributed by atoms with Crippen LogP contribution in [0.15, 0.2) is 30.3 Å². The molecule has 0 spiro atoms. The Morgan fingerprint density at radius 1 is 1.13 bits per heavy atom. The molecule has 8 heteroatoms. The van der Waals surface area contributed by atoms with E-state index in [1.165, 1.54) is 13.2 Å². The summed E-state index contributed by atoms with van der Waals surface area (Å²) >= 11 is 2.12. The van der Waals surface area contributed by atoms with Crippen LogP contribution in [0.25, 0.3) is 0 Å². The van der Waals surface area contributed by atoms with Crippen molar-refractivity contribution in [1.82, 2.24) is 9.88 Å². The van der Waals surface area contributed by atoms with Gasteiger partial charge in [-0.1, -0.05) is 6.07 Å². The van der Waals surface area contributed by atoms with Crippen LogP contribution in [0.3, 0.4) is 0 Å². The highest BCUT2D eigenvalue weighted by molar-refractivity contribution is 14.1. The Hall–Kier alpha value is -1.94. The molecule has 166 valence electrons. The van der Waals surface area contributed by atoms with E-state index in [4.69, 9.17) is 9.72 Å². The summed E-state index contributed by atoms with van der Waals surface area (Å²) in [5.74, 6) is 1.43. The average Bonchev–Trinajstić information content (AvgIpc) is 3.12. The van der Waals surface area contributed by atoms with Gasteiger partial charge in [-0.05, 0) is 61.7 Å². The van der Waals surface area contributed by atoms with Crippen molar-refractivity contribution in [3.63, 3.8) is 0 Å². The first-order valence-electron chi connectivity index (χ1n) is 10.6. The number of piperazine rings is 1. The van der Waals surface area contributed by atoms with Gasteiger partial charge in [-0.3, -0.25) is 14.6 Å². The SMILES string of the molecule is COc1cc(F)c([C@H]2CC(=O)N(c3cccc(N4C[C@@H](C)N(C)[C@@H](C)C4)n3)C2)c(I)c1. The number of carbonyl (C=O) groups excluding carboxylic acids is 1. The first-order chi connectivity index (χ1) is 14.8. The van der Waals surface area contributed by atoms with E-state index in [0.717, 1.165) is 22.5 Å². The minimum Gasteiger partial charge on any atom is -0.497 e. The number of halogens is 2. The van der Waals surface area contributed by atoms with Gasteiger partial charge in [0.2, 0.25) is 5.91 Å². The molecule has 2 aliphatic heterocycles. The van der Waals surface area contributed by atoms with E-state index in [0.29, 0.717) is 35.8 Å². The molecule has 1 aromatic carbocycles. The summed E-state index contributed by atoms with van der Waals surface area (Å²) in [5, 5.41) is 0. The molecule has 1 aromatic heterocycles. The number of rotatable bonds is 4. The van der Waals surface area contributed by atoms with E-state index in [-0.39, 0.29) is 24.1 Å². The number of hydrogen-bond donors (Lipinski definition) is 0. The lowest BCUT2D eigenvalue weighted by molar-refractivity contribution is -0.117. The Bertz CT molecular complexity index is 953. The van der Waals surface area contributed by atoms with Crippen LogP contribution >= 0.6 is 22.6 Å². The number of methoxy groups -OCH3 is 1. The number of benzene rings is 1. The third-order valence-corrected chi connectivity index (χ3v) is 7.39. The number of ether oxygens (including phenoxy) is 1. The van der Waals surface area contributed by atoms with Gasteiger partial charge in [0.15, 0.2) is 0 Å². The lowest BCUT2D eigenvalue weighted by atomic mass is 9.97. The van der Waals surface area contributed by atoms with Crippen LogP contribution in [-0.4, -0.2) is 61.7 Å². The molecule has 0 radical (unpaired) electrons. The van der Waals surface area contributed by atoms with E-state index in [9.17, 15) is 9.18 Å². The summed E-state index contributed by atoms with van der Waals surface area (Å²) in [6, 6.07) is 9.85. The van der Waals surface area contributed by atoms with Gasteiger partial charge in [0, 0.05) is 59.3 Å². The molecule has 6 nitrogen and oxygen atoms in total. The highest BCUT2D eigenvalue weighted by Crippen LogP contribution is 2.37. The molecule has 2 fully saturated rings. The molecular weight excluding hydrogens is 510 g/mol. The van der Waals surface area contributed by atoms with Crippen molar-refractivity contribution in [2.45, 2.75) is 38.3 Å². The molecule has 4 rings (SSSR count). The minimum atomic E-state index is -0.328. The zero-order valence-corrected chi connectivity index (χ0v) is 20.5. The zero-order chi connectivity index (χ0) is 22.3. The van der Waals surface area contributed by atoms with E-state index >= 15 is 0 Å². The van der Waals surface area contributed by atoms with Crippen LogP contribution in [-0.2, 0) is 4.79 Å². The standard InChI is InChI=1S/C23H28FIN4O2/c1-14-11-28(12-15(2)27(14)3)20-6-5-7-21(26-20)29-13-16(8-22(29)30)23-18(24)9-17(31-4)10-19(23)25/h5-7,9-10,14-16H,8,11-13H2,1-4H3/t14-,15+,16-/m0/s1. The number of pyridine rings is 1. The number of likely N-dealkylation sites (N-methyl/N-ethyl adjacent to an activating group) is 1. The smallest absolute Gasteiger partial charge is 0.228 e. The van der Waals surface area contributed by atoms with Crippen molar-refractivity contribution in [2.75, 3.05) is 43.6 Å². The van der Waals surface area contributed by atoms with Gasteiger partial charge in [0.05, 0.1) is 7.11 Å². The first-order valence-corrected chi connectivity index (χ1v) is 11.6. The number of carbonyl (C=O) groups is 1. The van der Waals surface area contributed by atoms with Crippen LogP contribution in [0.2, 0.25) is 0 Å².